The third-order valence-corrected chi connectivity index (χ3v) is 6.47. The maximum atomic E-state index is 12.0. The Labute approximate surface area is 138 Å². The van der Waals surface area contributed by atoms with E-state index in [0.29, 0.717) is 18.8 Å². The highest BCUT2D eigenvalue weighted by Crippen LogP contribution is 2.26. The number of imidazole rings is 1. The monoisotopic (exact) mass is 392 g/mol. The molecule has 1 heterocycles. The molecule has 0 aliphatic carbocycles. The number of nitrogens with zero attached hydrogens (tertiary/aromatic N) is 2. The van der Waals surface area contributed by atoms with Crippen LogP contribution in [0.15, 0.2) is 22.7 Å². The Kier molecular flexibility index (Phi) is 4.71. The van der Waals surface area contributed by atoms with Crippen LogP contribution in [0.3, 0.4) is 0 Å². The predicted octanol–water partition coefficient (Wildman–Crippen LogP) is 3.40. The zero-order valence-electron chi connectivity index (χ0n) is 12.2. The molecule has 1 aromatic carbocycles. The number of aromatic nitrogens is 2. The van der Waals surface area contributed by atoms with E-state index in [4.69, 9.17) is 11.6 Å². The fourth-order valence-electron chi connectivity index (χ4n) is 2.10. The zero-order chi connectivity index (χ0) is 15.8. The van der Waals surface area contributed by atoms with E-state index < -0.39 is 14.6 Å². The van der Waals surface area contributed by atoms with E-state index >= 15 is 0 Å². The molecule has 0 aliphatic heterocycles. The van der Waals surface area contributed by atoms with Crippen LogP contribution >= 0.6 is 27.5 Å². The summed E-state index contributed by atoms with van der Waals surface area (Å²) in [6.07, 6.45) is 1.87. The van der Waals surface area contributed by atoms with Gasteiger partial charge in [-0.1, -0.05) is 15.9 Å². The predicted molar refractivity (Wildman–Crippen MR) is 90.8 cm³/mol. The van der Waals surface area contributed by atoms with E-state index in [1.54, 1.807) is 13.8 Å². The Morgan fingerprint density at radius 2 is 2.05 bits per heavy atom. The molecule has 0 radical (unpaired) electrons. The largest absolute Gasteiger partial charge is 0.326 e. The summed E-state index contributed by atoms with van der Waals surface area (Å²) in [5, 5.41) is 0. The molecule has 116 valence electrons. The van der Waals surface area contributed by atoms with Crippen molar-refractivity contribution >= 4 is 48.4 Å². The van der Waals surface area contributed by atoms with Crippen LogP contribution in [0.1, 0.15) is 19.7 Å². The molecule has 7 heteroatoms. The summed E-state index contributed by atoms with van der Waals surface area (Å²) in [5.74, 6) is 1.26. The summed E-state index contributed by atoms with van der Waals surface area (Å²) in [5.41, 5.74) is 1.77. The van der Waals surface area contributed by atoms with Crippen LogP contribution in [0.25, 0.3) is 11.0 Å². The minimum absolute atomic E-state index is 0.357. The lowest BCUT2D eigenvalue weighted by Crippen LogP contribution is -2.36. The lowest BCUT2D eigenvalue weighted by molar-refractivity contribution is 0.501. The molecular formula is C14H18BrClN2O2S. The molecule has 0 atom stereocenters. The Morgan fingerprint density at radius 3 is 2.62 bits per heavy atom. The fourth-order valence-corrected chi connectivity index (χ4v) is 2.98. The fraction of sp³-hybridized carbons (Fsp3) is 0.500. The van der Waals surface area contributed by atoms with Gasteiger partial charge < -0.3 is 4.57 Å². The molecule has 0 N–H and O–H groups in total. The van der Waals surface area contributed by atoms with Gasteiger partial charge in [0, 0.05) is 29.6 Å². The van der Waals surface area contributed by atoms with Crippen LogP contribution < -0.4 is 0 Å². The SMILES string of the molecule is CC(C)(Cn1c(CCCl)nc2cc(Br)ccc21)S(C)(=O)=O. The molecule has 2 aromatic rings. The first-order valence-electron chi connectivity index (χ1n) is 6.56. The van der Waals surface area contributed by atoms with Gasteiger partial charge in [-0.05, 0) is 32.0 Å². The molecular weight excluding hydrogens is 376 g/mol. The van der Waals surface area contributed by atoms with Gasteiger partial charge in [0.15, 0.2) is 9.84 Å². The first-order chi connectivity index (χ1) is 9.65. The summed E-state index contributed by atoms with van der Waals surface area (Å²) in [6.45, 7) is 3.82. The number of alkyl halides is 1. The minimum atomic E-state index is -3.18. The minimum Gasteiger partial charge on any atom is -0.326 e. The van der Waals surface area contributed by atoms with Crippen molar-refractivity contribution in [2.75, 3.05) is 12.1 Å². The average molecular weight is 394 g/mol. The smallest absolute Gasteiger partial charge is 0.154 e. The normalized spacial score (nSPS) is 13.0. The van der Waals surface area contributed by atoms with Gasteiger partial charge in [0.2, 0.25) is 0 Å². The first-order valence-corrected chi connectivity index (χ1v) is 9.78. The van der Waals surface area contributed by atoms with Crippen LogP contribution in [0.4, 0.5) is 0 Å². The van der Waals surface area contributed by atoms with E-state index in [2.05, 4.69) is 20.9 Å². The Bertz CT molecular complexity index is 769. The van der Waals surface area contributed by atoms with Gasteiger partial charge in [-0.25, -0.2) is 13.4 Å². The van der Waals surface area contributed by atoms with Crippen molar-refractivity contribution < 1.29 is 8.42 Å². The maximum Gasteiger partial charge on any atom is 0.154 e. The Hall–Kier alpha value is -0.590. The Morgan fingerprint density at radius 1 is 1.38 bits per heavy atom. The lowest BCUT2D eigenvalue weighted by Gasteiger charge is -2.24. The number of hydrogen-bond donors (Lipinski definition) is 0. The molecule has 0 bridgehead atoms. The van der Waals surface area contributed by atoms with E-state index in [9.17, 15) is 8.42 Å². The molecule has 4 nitrogen and oxygen atoms in total. The topological polar surface area (TPSA) is 52.0 Å². The highest BCUT2D eigenvalue weighted by Gasteiger charge is 2.32. The summed E-state index contributed by atoms with van der Waals surface area (Å²) in [6, 6.07) is 5.80. The molecule has 0 amide bonds. The molecule has 0 saturated heterocycles. The van der Waals surface area contributed by atoms with E-state index in [-0.39, 0.29) is 0 Å². The van der Waals surface area contributed by atoms with Gasteiger partial charge in [0.1, 0.15) is 5.82 Å². The van der Waals surface area contributed by atoms with Gasteiger partial charge in [-0.3, -0.25) is 0 Å². The highest BCUT2D eigenvalue weighted by molar-refractivity contribution is 9.10. The van der Waals surface area contributed by atoms with Gasteiger partial charge in [0.05, 0.1) is 15.8 Å². The second kappa shape index (κ2) is 5.89. The number of fused-ring (bicyclic) bond motifs is 1. The number of sulfone groups is 1. The molecule has 2 rings (SSSR count). The van der Waals surface area contributed by atoms with Gasteiger partial charge in [-0.15, -0.1) is 11.6 Å². The van der Waals surface area contributed by atoms with Crippen LogP contribution in [-0.4, -0.2) is 34.9 Å². The molecule has 0 spiro atoms. The summed E-state index contributed by atoms with van der Waals surface area (Å²) in [7, 11) is -3.18. The molecule has 0 aliphatic rings. The van der Waals surface area contributed by atoms with Crippen molar-refractivity contribution in [3.8, 4) is 0 Å². The second-order valence-electron chi connectivity index (χ2n) is 5.72. The maximum absolute atomic E-state index is 12.0. The molecule has 0 saturated carbocycles. The quantitative estimate of drug-likeness (QED) is 0.732. The second-order valence-corrected chi connectivity index (χ2v) is 9.66. The van der Waals surface area contributed by atoms with Crippen molar-refractivity contribution in [3.63, 3.8) is 0 Å². The molecule has 0 unspecified atom stereocenters. The van der Waals surface area contributed by atoms with Crippen LogP contribution in [0.2, 0.25) is 0 Å². The number of halogens is 2. The van der Waals surface area contributed by atoms with Crippen LogP contribution in [-0.2, 0) is 22.8 Å². The number of hydrogen-bond acceptors (Lipinski definition) is 3. The van der Waals surface area contributed by atoms with Gasteiger partial charge in [-0.2, -0.15) is 0 Å². The van der Waals surface area contributed by atoms with Crippen molar-refractivity contribution in [1.82, 2.24) is 9.55 Å². The van der Waals surface area contributed by atoms with Gasteiger partial charge in [0.25, 0.3) is 0 Å². The summed E-state index contributed by atoms with van der Waals surface area (Å²) in [4.78, 5) is 4.58. The van der Waals surface area contributed by atoms with Crippen LogP contribution in [0.5, 0.6) is 0 Å². The van der Waals surface area contributed by atoms with Crippen molar-refractivity contribution in [2.24, 2.45) is 0 Å². The van der Waals surface area contributed by atoms with Crippen molar-refractivity contribution in [1.29, 1.82) is 0 Å². The lowest BCUT2D eigenvalue weighted by atomic mass is 10.2. The molecule has 0 fully saturated rings. The zero-order valence-corrected chi connectivity index (χ0v) is 15.4. The third kappa shape index (κ3) is 3.43. The third-order valence-electron chi connectivity index (χ3n) is 3.65. The highest BCUT2D eigenvalue weighted by atomic mass is 79.9. The Balaban J connectivity index is 2.58. The number of benzene rings is 1. The molecule has 1 aromatic heterocycles. The van der Waals surface area contributed by atoms with Gasteiger partial charge >= 0.3 is 0 Å². The first kappa shape index (κ1) is 16.8. The molecule has 21 heavy (non-hydrogen) atoms. The van der Waals surface area contributed by atoms with Crippen molar-refractivity contribution in [3.05, 3.63) is 28.5 Å². The average Bonchev–Trinajstić information content (AvgIpc) is 2.65. The summed E-state index contributed by atoms with van der Waals surface area (Å²) >= 11 is 9.27. The van der Waals surface area contributed by atoms with Crippen LogP contribution in [0, 0.1) is 0 Å². The van der Waals surface area contributed by atoms with Crippen molar-refractivity contribution in [2.45, 2.75) is 31.6 Å². The number of aryl methyl sites for hydroxylation is 1. The summed E-state index contributed by atoms with van der Waals surface area (Å²) < 4.78 is 26.0. The van der Waals surface area contributed by atoms with E-state index in [0.717, 1.165) is 21.3 Å². The number of rotatable bonds is 5. The van der Waals surface area contributed by atoms with E-state index in [1.165, 1.54) is 6.26 Å². The standard InChI is InChI=1S/C14H18BrClN2O2S/c1-14(2,21(3,19)20)9-18-12-5-4-10(15)8-11(12)17-13(18)6-7-16/h4-5,8H,6-7,9H2,1-3H3. The van der Waals surface area contributed by atoms with E-state index in [1.807, 2.05) is 22.8 Å².